The highest BCUT2D eigenvalue weighted by molar-refractivity contribution is 7.92. The third-order valence-corrected chi connectivity index (χ3v) is 6.68. The van der Waals surface area contributed by atoms with Crippen LogP contribution in [0.25, 0.3) is 0 Å². The molecule has 1 unspecified atom stereocenters. The molecule has 1 aliphatic rings. The first kappa shape index (κ1) is 24.1. The van der Waals surface area contributed by atoms with E-state index in [1.807, 2.05) is 26.8 Å². The first-order valence-corrected chi connectivity index (χ1v) is 12.2. The maximum Gasteiger partial charge on any atom is 0.416 e. The van der Waals surface area contributed by atoms with Gasteiger partial charge in [0.2, 0.25) is 15.9 Å². The Bertz CT molecular complexity index is 1110. The van der Waals surface area contributed by atoms with E-state index in [1.165, 1.54) is 12.1 Å². The molecule has 2 N–H and O–H groups in total. The number of anilines is 1. The predicted octanol–water partition coefficient (Wildman–Crippen LogP) is 4.79. The van der Waals surface area contributed by atoms with E-state index in [0.717, 1.165) is 29.5 Å². The van der Waals surface area contributed by atoms with Crippen LogP contribution < -0.4 is 10.0 Å². The van der Waals surface area contributed by atoms with Crippen molar-refractivity contribution in [2.45, 2.75) is 51.2 Å². The van der Waals surface area contributed by atoms with Crippen LogP contribution >= 0.6 is 0 Å². The van der Waals surface area contributed by atoms with Crippen LogP contribution in [0.5, 0.6) is 0 Å². The average Bonchev–Trinajstić information content (AvgIpc) is 3.39. The molecule has 1 fully saturated rings. The number of hydrogen-bond donors (Lipinski definition) is 2. The molecule has 0 aliphatic heterocycles. The third kappa shape index (κ3) is 5.26. The zero-order chi connectivity index (χ0) is 23.9. The van der Waals surface area contributed by atoms with E-state index < -0.39 is 27.2 Å². The summed E-state index contributed by atoms with van der Waals surface area (Å²) in [5.41, 5.74) is 1.67. The molecule has 2 aromatic carbocycles. The molecule has 2 aromatic rings. The van der Waals surface area contributed by atoms with Gasteiger partial charge in [0, 0.05) is 11.3 Å². The average molecular weight is 469 g/mol. The number of halogens is 3. The number of sulfonamides is 1. The number of nitrogens with one attached hydrogen (secondary N) is 2. The predicted molar refractivity (Wildman–Crippen MR) is 118 cm³/mol. The quantitative estimate of drug-likeness (QED) is 0.613. The van der Waals surface area contributed by atoms with Crippen molar-refractivity contribution in [2.24, 2.45) is 5.92 Å². The Hall–Kier alpha value is -2.55. The molecule has 174 valence electrons. The second-order valence-corrected chi connectivity index (χ2v) is 10.4. The van der Waals surface area contributed by atoms with Gasteiger partial charge in [0.25, 0.3) is 0 Å². The van der Waals surface area contributed by atoms with E-state index in [0.29, 0.717) is 24.1 Å². The second kappa shape index (κ2) is 8.42. The Morgan fingerprint density at radius 1 is 1.19 bits per heavy atom. The van der Waals surface area contributed by atoms with Gasteiger partial charge in [0.05, 0.1) is 23.5 Å². The zero-order valence-corrected chi connectivity index (χ0v) is 19.2. The van der Waals surface area contributed by atoms with Crippen molar-refractivity contribution in [3.63, 3.8) is 0 Å². The van der Waals surface area contributed by atoms with E-state index in [9.17, 15) is 26.4 Å². The van der Waals surface area contributed by atoms with E-state index >= 15 is 0 Å². The molecule has 0 bridgehead atoms. The van der Waals surface area contributed by atoms with Crippen LogP contribution in [0.4, 0.5) is 18.9 Å². The van der Waals surface area contributed by atoms with Crippen LogP contribution in [-0.2, 0) is 32.8 Å². The van der Waals surface area contributed by atoms with Crippen molar-refractivity contribution >= 4 is 21.6 Å². The van der Waals surface area contributed by atoms with Crippen LogP contribution in [0.15, 0.2) is 42.5 Å². The maximum atomic E-state index is 12.8. The van der Waals surface area contributed by atoms with Gasteiger partial charge in [0.15, 0.2) is 0 Å². The van der Waals surface area contributed by atoms with Gasteiger partial charge in [-0.2, -0.15) is 13.2 Å². The number of rotatable bonds is 7. The topological polar surface area (TPSA) is 75.3 Å². The van der Waals surface area contributed by atoms with E-state index in [1.54, 1.807) is 12.1 Å². The molecule has 3 atom stereocenters. The van der Waals surface area contributed by atoms with Crippen molar-refractivity contribution in [3.8, 4) is 0 Å². The molecule has 1 saturated carbocycles. The first-order chi connectivity index (χ1) is 14.7. The lowest BCUT2D eigenvalue weighted by Crippen LogP contribution is -2.30. The molecule has 0 aromatic heterocycles. The smallest absolute Gasteiger partial charge is 0.349 e. The Kier molecular flexibility index (Phi) is 6.34. The van der Waals surface area contributed by atoms with Crippen molar-refractivity contribution in [2.75, 3.05) is 11.0 Å². The summed E-state index contributed by atoms with van der Waals surface area (Å²) in [6.07, 6.45) is -2.12. The maximum absolute atomic E-state index is 12.8. The summed E-state index contributed by atoms with van der Waals surface area (Å²) < 4.78 is 64.0. The number of benzene rings is 2. The van der Waals surface area contributed by atoms with Crippen molar-refractivity contribution < 1.29 is 26.4 Å². The summed E-state index contributed by atoms with van der Waals surface area (Å²) in [6.45, 7) is 5.63. The minimum Gasteiger partial charge on any atom is -0.349 e. The van der Waals surface area contributed by atoms with Crippen LogP contribution in [0, 0.1) is 5.92 Å². The lowest BCUT2D eigenvalue weighted by molar-refractivity contribution is -0.137. The lowest BCUT2D eigenvalue weighted by atomic mass is 9.94. The van der Waals surface area contributed by atoms with Gasteiger partial charge in [-0.3, -0.25) is 9.52 Å². The SMILES string of the molecule is CCc1cc([C@@H](C)NC(=O)C2C[C@]2(C)c2ccc(C(F)(F)F)cc2)ccc1NS(C)(=O)=O. The summed E-state index contributed by atoms with van der Waals surface area (Å²) in [5.74, 6) is -0.477. The molecule has 0 radical (unpaired) electrons. The van der Waals surface area contributed by atoms with E-state index in [-0.39, 0.29) is 17.9 Å². The monoisotopic (exact) mass is 468 g/mol. The fourth-order valence-electron chi connectivity index (χ4n) is 3.98. The molecule has 0 saturated heterocycles. The summed E-state index contributed by atoms with van der Waals surface area (Å²) in [7, 11) is -3.40. The van der Waals surface area contributed by atoms with E-state index in [2.05, 4.69) is 10.0 Å². The Morgan fingerprint density at radius 3 is 2.34 bits per heavy atom. The largest absolute Gasteiger partial charge is 0.416 e. The van der Waals surface area contributed by atoms with Crippen molar-refractivity contribution in [1.82, 2.24) is 5.32 Å². The van der Waals surface area contributed by atoms with Gasteiger partial charge in [-0.05, 0) is 54.7 Å². The first-order valence-electron chi connectivity index (χ1n) is 10.3. The van der Waals surface area contributed by atoms with Gasteiger partial charge in [-0.25, -0.2) is 8.42 Å². The standard InChI is InChI=1S/C23H27F3N2O3S/c1-5-15-12-16(6-11-20(15)28-32(4,30)31)14(2)27-21(29)19-13-22(19,3)17-7-9-18(10-8-17)23(24,25)26/h6-12,14,19,28H,5,13H2,1-4H3,(H,27,29)/t14-,19?,22-/m1/s1. The van der Waals surface area contributed by atoms with Crippen LogP contribution in [0.1, 0.15) is 55.5 Å². The minimum absolute atomic E-state index is 0.156. The molecule has 3 rings (SSSR count). The highest BCUT2D eigenvalue weighted by Crippen LogP contribution is 2.54. The second-order valence-electron chi connectivity index (χ2n) is 8.62. The number of amides is 1. The van der Waals surface area contributed by atoms with E-state index in [4.69, 9.17) is 0 Å². The van der Waals surface area contributed by atoms with Crippen molar-refractivity contribution in [1.29, 1.82) is 0 Å². The normalized spacial score (nSPS) is 21.7. The van der Waals surface area contributed by atoms with Crippen LogP contribution in [0.3, 0.4) is 0 Å². The van der Waals surface area contributed by atoms with Crippen LogP contribution in [0.2, 0.25) is 0 Å². The molecular weight excluding hydrogens is 441 g/mol. The number of carbonyl (C=O) groups excluding carboxylic acids is 1. The Labute approximate surface area is 186 Å². The number of hydrogen-bond acceptors (Lipinski definition) is 3. The van der Waals surface area contributed by atoms with Gasteiger partial charge >= 0.3 is 6.18 Å². The van der Waals surface area contributed by atoms with Crippen LogP contribution in [-0.4, -0.2) is 20.6 Å². The molecule has 0 spiro atoms. The fourth-order valence-corrected chi connectivity index (χ4v) is 4.58. The third-order valence-electron chi connectivity index (χ3n) is 6.09. The van der Waals surface area contributed by atoms with Gasteiger partial charge in [0.1, 0.15) is 0 Å². The molecule has 1 aliphatic carbocycles. The minimum atomic E-state index is -4.39. The summed E-state index contributed by atoms with van der Waals surface area (Å²) >= 11 is 0. The Balaban J connectivity index is 1.69. The summed E-state index contributed by atoms with van der Waals surface area (Å²) in [4.78, 5) is 12.8. The number of alkyl halides is 3. The van der Waals surface area contributed by atoms with Gasteiger partial charge < -0.3 is 5.32 Å². The number of carbonyl (C=O) groups is 1. The highest BCUT2D eigenvalue weighted by Gasteiger charge is 2.55. The van der Waals surface area contributed by atoms with Crippen molar-refractivity contribution in [3.05, 3.63) is 64.7 Å². The molecule has 32 heavy (non-hydrogen) atoms. The van der Waals surface area contributed by atoms with Gasteiger partial charge in [-0.15, -0.1) is 0 Å². The Morgan fingerprint density at radius 2 is 1.81 bits per heavy atom. The lowest BCUT2D eigenvalue weighted by Gasteiger charge is -2.19. The summed E-state index contributed by atoms with van der Waals surface area (Å²) in [5, 5.41) is 2.98. The van der Waals surface area contributed by atoms with Gasteiger partial charge in [-0.1, -0.05) is 38.1 Å². The number of aryl methyl sites for hydroxylation is 1. The highest BCUT2D eigenvalue weighted by atomic mass is 32.2. The zero-order valence-electron chi connectivity index (χ0n) is 18.4. The molecular formula is C23H27F3N2O3S. The summed E-state index contributed by atoms with van der Waals surface area (Å²) in [6, 6.07) is 9.99. The molecule has 1 amide bonds. The molecule has 5 nitrogen and oxygen atoms in total. The molecule has 9 heteroatoms. The molecule has 0 heterocycles. The fraction of sp³-hybridized carbons (Fsp3) is 0.435.